The highest BCUT2D eigenvalue weighted by molar-refractivity contribution is 5.87. The Hall–Kier alpha value is -1.89. The summed E-state index contributed by atoms with van der Waals surface area (Å²) in [5, 5.41) is 7.02. The van der Waals surface area contributed by atoms with Crippen molar-refractivity contribution >= 4 is 17.6 Å². The summed E-state index contributed by atoms with van der Waals surface area (Å²) in [7, 11) is 0. The number of ether oxygens (including phenoxy) is 1. The Bertz CT molecular complexity index is 582. The first-order chi connectivity index (χ1) is 11.0. The molecule has 1 saturated heterocycles. The molecule has 1 aliphatic heterocycles. The Labute approximate surface area is 136 Å². The highest BCUT2D eigenvalue weighted by Gasteiger charge is 2.31. The summed E-state index contributed by atoms with van der Waals surface area (Å²) in [5.41, 5.74) is 0. The molecule has 7 nitrogen and oxygen atoms in total. The van der Waals surface area contributed by atoms with Crippen molar-refractivity contribution in [1.82, 2.24) is 14.7 Å². The quantitative estimate of drug-likeness (QED) is 0.860. The monoisotopic (exact) mass is 320 g/mol. The van der Waals surface area contributed by atoms with E-state index in [9.17, 15) is 9.59 Å². The van der Waals surface area contributed by atoms with Crippen LogP contribution in [0.3, 0.4) is 0 Å². The van der Waals surface area contributed by atoms with Crippen molar-refractivity contribution < 1.29 is 14.3 Å². The van der Waals surface area contributed by atoms with E-state index in [2.05, 4.69) is 10.4 Å². The number of carbonyl (C=O) groups is 2. The predicted octanol–water partition coefficient (Wildman–Crippen LogP) is 1.43. The van der Waals surface area contributed by atoms with Crippen LogP contribution in [-0.2, 0) is 14.3 Å². The SMILES string of the molecule is CC(=O)Nc1ccn([C@@H]2CCN(C(=O)[C@H](C)OCC3CC3)C2)n1. The maximum atomic E-state index is 12.4. The minimum atomic E-state index is -0.373. The van der Waals surface area contributed by atoms with Crippen LogP contribution in [0, 0.1) is 5.92 Å². The van der Waals surface area contributed by atoms with Crippen molar-refractivity contribution in [1.29, 1.82) is 0 Å². The van der Waals surface area contributed by atoms with Crippen LogP contribution in [0.1, 0.15) is 39.2 Å². The molecule has 0 aromatic carbocycles. The van der Waals surface area contributed by atoms with Gasteiger partial charge in [0.25, 0.3) is 5.91 Å². The van der Waals surface area contributed by atoms with Crippen molar-refractivity contribution in [2.45, 2.75) is 45.3 Å². The maximum Gasteiger partial charge on any atom is 0.251 e. The Morgan fingerprint density at radius 3 is 2.91 bits per heavy atom. The topological polar surface area (TPSA) is 76.5 Å². The lowest BCUT2D eigenvalue weighted by Gasteiger charge is -2.21. The number of carbonyl (C=O) groups excluding carboxylic acids is 2. The number of amides is 2. The third-order valence-corrected chi connectivity index (χ3v) is 4.39. The zero-order chi connectivity index (χ0) is 16.4. The first-order valence-corrected chi connectivity index (χ1v) is 8.26. The highest BCUT2D eigenvalue weighted by Crippen LogP contribution is 2.29. The first kappa shape index (κ1) is 16.0. The van der Waals surface area contributed by atoms with Crippen molar-refractivity contribution in [2.24, 2.45) is 5.92 Å². The van der Waals surface area contributed by atoms with Crippen LogP contribution in [0.2, 0.25) is 0 Å². The van der Waals surface area contributed by atoms with Gasteiger partial charge < -0.3 is 15.0 Å². The van der Waals surface area contributed by atoms with E-state index >= 15 is 0 Å². The van der Waals surface area contributed by atoms with Gasteiger partial charge >= 0.3 is 0 Å². The summed E-state index contributed by atoms with van der Waals surface area (Å²) >= 11 is 0. The predicted molar refractivity (Wildman–Crippen MR) is 84.9 cm³/mol. The summed E-state index contributed by atoms with van der Waals surface area (Å²) in [5.74, 6) is 1.12. The number of nitrogens with one attached hydrogen (secondary N) is 1. The van der Waals surface area contributed by atoms with Gasteiger partial charge in [-0.05, 0) is 32.1 Å². The molecule has 1 saturated carbocycles. The van der Waals surface area contributed by atoms with E-state index in [0.717, 1.165) is 13.0 Å². The van der Waals surface area contributed by atoms with Crippen molar-refractivity contribution in [2.75, 3.05) is 25.0 Å². The summed E-state index contributed by atoms with van der Waals surface area (Å²) in [6.45, 7) is 5.34. The molecule has 2 aliphatic rings. The molecule has 7 heteroatoms. The van der Waals surface area contributed by atoms with Crippen molar-refractivity contribution in [3.05, 3.63) is 12.3 Å². The van der Waals surface area contributed by atoms with Gasteiger partial charge in [-0.25, -0.2) is 0 Å². The number of aromatic nitrogens is 2. The molecule has 2 atom stereocenters. The van der Waals surface area contributed by atoms with Crippen LogP contribution < -0.4 is 5.32 Å². The second-order valence-electron chi connectivity index (χ2n) is 6.51. The largest absolute Gasteiger partial charge is 0.368 e. The molecule has 2 heterocycles. The molecule has 1 aliphatic carbocycles. The lowest BCUT2D eigenvalue weighted by Crippen LogP contribution is -2.38. The number of likely N-dealkylation sites (tertiary alicyclic amines) is 1. The molecule has 126 valence electrons. The highest BCUT2D eigenvalue weighted by atomic mass is 16.5. The van der Waals surface area contributed by atoms with Crippen LogP contribution in [0.25, 0.3) is 0 Å². The molecular formula is C16H24N4O3. The van der Waals surface area contributed by atoms with Gasteiger partial charge in [0.1, 0.15) is 6.10 Å². The van der Waals surface area contributed by atoms with Crippen LogP contribution >= 0.6 is 0 Å². The fourth-order valence-corrected chi connectivity index (χ4v) is 2.84. The second-order valence-corrected chi connectivity index (χ2v) is 6.51. The number of nitrogens with zero attached hydrogens (tertiary/aromatic N) is 3. The van der Waals surface area contributed by atoms with Crippen molar-refractivity contribution in [3.63, 3.8) is 0 Å². The number of rotatable bonds is 6. The second kappa shape index (κ2) is 6.70. The summed E-state index contributed by atoms with van der Waals surface area (Å²) in [6.07, 6.45) is 4.78. The molecule has 0 unspecified atom stereocenters. The summed E-state index contributed by atoms with van der Waals surface area (Å²) in [4.78, 5) is 25.3. The molecule has 0 radical (unpaired) electrons. The number of hydrogen-bond donors (Lipinski definition) is 1. The van der Waals surface area contributed by atoms with Gasteiger partial charge in [-0.15, -0.1) is 0 Å². The Kier molecular flexibility index (Phi) is 4.66. The Morgan fingerprint density at radius 1 is 1.43 bits per heavy atom. The van der Waals surface area contributed by atoms with E-state index in [-0.39, 0.29) is 24.0 Å². The third-order valence-electron chi connectivity index (χ3n) is 4.39. The molecule has 0 bridgehead atoms. The normalized spacial score (nSPS) is 22.2. The molecule has 23 heavy (non-hydrogen) atoms. The average Bonchev–Trinajstić information content (AvgIpc) is 3.01. The van der Waals surface area contributed by atoms with Gasteiger partial charge in [-0.1, -0.05) is 0 Å². The molecule has 3 rings (SSSR count). The Morgan fingerprint density at radius 2 is 2.22 bits per heavy atom. The minimum Gasteiger partial charge on any atom is -0.368 e. The van der Waals surface area contributed by atoms with Crippen molar-refractivity contribution in [3.8, 4) is 0 Å². The molecule has 0 spiro atoms. The molecular weight excluding hydrogens is 296 g/mol. The van der Waals surface area contributed by atoms with E-state index in [0.29, 0.717) is 24.9 Å². The standard InChI is InChI=1S/C16H24N4O3/c1-11(23-10-13-3-4-13)16(22)19-7-5-14(9-19)20-8-6-15(18-20)17-12(2)21/h6,8,11,13-14H,3-5,7,9-10H2,1-2H3,(H,17,18,21)/t11-,14+/m0/s1. The van der Waals surface area contributed by atoms with Crippen LogP contribution in [-0.4, -0.2) is 52.3 Å². The molecule has 1 N–H and O–H groups in total. The Balaban J connectivity index is 1.51. The lowest BCUT2D eigenvalue weighted by atomic mass is 10.3. The molecule has 1 aromatic rings. The first-order valence-electron chi connectivity index (χ1n) is 8.26. The average molecular weight is 320 g/mol. The number of anilines is 1. The van der Waals surface area contributed by atoms with Crippen LogP contribution in [0.4, 0.5) is 5.82 Å². The van der Waals surface area contributed by atoms with Gasteiger partial charge in [-0.2, -0.15) is 5.10 Å². The number of hydrogen-bond acceptors (Lipinski definition) is 4. The van der Waals surface area contributed by atoms with Gasteiger partial charge in [0, 0.05) is 32.3 Å². The van der Waals surface area contributed by atoms with Gasteiger partial charge in [0.15, 0.2) is 5.82 Å². The van der Waals surface area contributed by atoms with Crippen LogP contribution in [0.15, 0.2) is 12.3 Å². The zero-order valence-electron chi connectivity index (χ0n) is 13.7. The maximum absolute atomic E-state index is 12.4. The summed E-state index contributed by atoms with van der Waals surface area (Å²) < 4.78 is 7.50. The molecule has 2 fully saturated rings. The van der Waals surface area contributed by atoms with E-state index in [1.165, 1.54) is 19.8 Å². The van der Waals surface area contributed by atoms with E-state index in [1.54, 1.807) is 6.07 Å². The van der Waals surface area contributed by atoms with Crippen LogP contribution in [0.5, 0.6) is 0 Å². The van der Waals surface area contributed by atoms with Gasteiger partial charge in [-0.3, -0.25) is 14.3 Å². The van der Waals surface area contributed by atoms with E-state index in [4.69, 9.17) is 4.74 Å². The van der Waals surface area contributed by atoms with Gasteiger partial charge in [0.2, 0.25) is 5.91 Å². The summed E-state index contributed by atoms with van der Waals surface area (Å²) in [6, 6.07) is 1.92. The van der Waals surface area contributed by atoms with E-state index in [1.807, 2.05) is 22.7 Å². The molecule has 2 amide bonds. The van der Waals surface area contributed by atoms with Gasteiger partial charge in [0.05, 0.1) is 12.6 Å². The fourth-order valence-electron chi connectivity index (χ4n) is 2.84. The molecule has 1 aromatic heterocycles. The third kappa shape index (κ3) is 4.10. The fraction of sp³-hybridized carbons (Fsp3) is 0.688. The minimum absolute atomic E-state index is 0.0578. The van der Waals surface area contributed by atoms with E-state index < -0.39 is 0 Å². The smallest absolute Gasteiger partial charge is 0.251 e. The zero-order valence-corrected chi connectivity index (χ0v) is 13.7. The lowest BCUT2D eigenvalue weighted by molar-refractivity contribution is -0.141.